The number of hydrogen-bond acceptors (Lipinski definition) is 3. The van der Waals surface area contributed by atoms with Gasteiger partial charge in [0.25, 0.3) is 0 Å². The molecule has 2 aliphatic rings. The monoisotopic (exact) mass is 392 g/mol. The molecular formula is C22H40N4O2. The van der Waals surface area contributed by atoms with Crippen LogP contribution >= 0.6 is 0 Å². The number of nitrogens with one attached hydrogen (secondary N) is 4. The van der Waals surface area contributed by atoms with Crippen molar-refractivity contribution in [3.63, 3.8) is 0 Å². The van der Waals surface area contributed by atoms with Gasteiger partial charge in [-0.1, -0.05) is 65.2 Å². The molecule has 0 aromatic heterocycles. The summed E-state index contributed by atoms with van der Waals surface area (Å²) in [5.41, 5.74) is 0. The second-order valence-corrected chi connectivity index (χ2v) is 9.21. The molecule has 2 saturated carbocycles. The molecule has 0 saturated heterocycles. The second-order valence-electron chi connectivity index (χ2n) is 9.21. The minimum atomic E-state index is -0.454. The fraction of sp³-hybridized carbons (Fsp3) is 0.864. The predicted octanol–water partition coefficient (Wildman–Crippen LogP) is 3.71. The zero-order valence-electron chi connectivity index (χ0n) is 17.8. The van der Waals surface area contributed by atoms with Crippen LogP contribution < -0.4 is 16.0 Å². The van der Waals surface area contributed by atoms with Gasteiger partial charge >= 0.3 is 0 Å². The first-order valence-corrected chi connectivity index (χ1v) is 11.4. The van der Waals surface area contributed by atoms with Crippen LogP contribution in [0.3, 0.4) is 0 Å². The molecule has 0 aliphatic heterocycles. The Kier molecular flexibility index (Phi) is 9.79. The summed E-state index contributed by atoms with van der Waals surface area (Å²) in [4.78, 5) is 25.0. The Morgan fingerprint density at radius 3 is 2.07 bits per heavy atom. The van der Waals surface area contributed by atoms with Gasteiger partial charge in [-0.2, -0.15) is 0 Å². The number of guanidine groups is 1. The third-order valence-corrected chi connectivity index (χ3v) is 6.08. The highest BCUT2D eigenvalue weighted by atomic mass is 16.2. The van der Waals surface area contributed by atoms with Gasteiger partial charge in [-0.3, -0.25) is 20.3 Å². The fourth-order valence-electron chi connectivity index (χ4n) is 4.47. The molecule has 2 aliphatic carbocycles. The minimum absolute atomic E-state index is 0.0404. The molecule has 0 radical (unpaired) electrons. The van der Waals surface area contributed by atoms with Crippen LogP contribution in [0.5, 0.6) is 0 Å². The molecule has 0 spiro atoms. The van der Waals surface area contributed by atoms with Gasteiger partial charge in [0, 0.05) is 13.0 Å². The van der Waals surface area contributed by atoms with Crippen LogP contribution in [0.2, 0.25) is 0 Å². The largest absolute Gasteiger partial charge is 0.354 e. The van der Waals surface area contributed by atoms with Gasteiger partial charge in [-0.15, -0.1) is 0 Å². The molecule has 0 bridgehead atoms. The quantitative estimate of drug-likeness (QED) is 0.375. The van der Waals surface area contributed by atoms with E-state index in [1.807, 2.05) is 0 Å². The number of carbonyl (C=O) groups excluding carboxylic acids is 2. The molecule has 0 heterocycles. The number of hydrogen-bond donors (Lipinski definition) is 4. The van der Waals surface area contributed by atoms with E-state index in [0.29, 0.717) is 30.7 Å². The zero-order valence-corrected chi connectivity index (χ0v) is 17.8. The van der Waals surface area contributed by atoms with E-state index in [9.17, 15) is 9.59 Å². The Morgan fingerprint density at radius 1 is 0.929 bits per heavy atom. The van der Waals surface area contributed by atoms with Gasteiger partial charge in [0.05, 0.1) is 0 Å². The summed E-state index contributed by atoms with van der Waals surface area (Å²) in [5.74, 6) is 1.12. The maximum absolute atomic E-state index is 12.7. The van der Waals surface area contributed by atoms with Crippen molar-refractivity contribution >= 4 is 17.8 Å². The Hall–Kier alpha value is -1.59. The standard InChI is InChI=1S/C22H40N4O2/c1-16(2)15-24-21(28)19(13-17-9-5-3-6-10-17)25-22(23)26-20(27)14-18-11-7-4-8-12-18/h16-19H,3-15H2,1-2H3,(H,24,28)(H3,23,25,26,27)/t19-/m1/s1. The van der Waals surface area contributed by atoms with Crippen LogP contribution in [0.1, 0.15) is 90.9 Å². The molecule has 160 valence electrons. The van der Waals surface area contributed by atoms with E-state index < -0.39 is 6.04 Å². The molecular weight excluding hydrogens is 352 g/mol. The minimum Gasteiger partial charge on any atom is -0.354 e. The normalized spacial score (nSPS) is 19.8. The summed E-state index contributed by atoms with van der Waals surface area (Å²) < 4.78 is 0. The van der Waals surface area contributed by atoms with Gasteiger partial charge < -0.3 is 10.6 Å². The Bertz CT molecular complexity index is 509. The molecule has 4 N–H and O–H groups in total. The Balaban J connectivity index is 1.84. The number of amides is 2. The lowest BCUT2D eigenvalue weighted by Crippen LogP contribution is -2.52. The zero-order chi connectivity index (χ0) is 20.4. The highest BCUT2D eigenvalue weighted by Gasteiger charge is 2.26. The average Bonchev–Trinajstić information content (AvgIpc) is 2.67. The second kappa shape index (κ2) is 12.1. The molecule has 1 atom stereocenters. The van der Waals surface area contributed by atoms with Crippen molar-refractivity contribution in [1.82, 2.24) is 16.0 Å². The van der Waals surface area contributed by atoms with Gasteiger partial charge in [0.1, 0.15) is 6.04 Å². The van der Waals surface area contributed by atoms with Crippen LogP contribution in [0.25, 0.3) is 0 Å². The van der Waals surface area contributed by atoms with E-state index in [2.05, 4.69) is 29.8 Å². The lowest BCUT2D eigenvalue weighted by molar-refractivity contribution is -0.124. The lowest BCUT2D eigenvalue weighted by Gasteiger charge is -2.27. The van der Waals surface area contributed by atoms with Crippen LogP contribution in [-0.4, -0.2) is 30.4 Å². The maximum atomic E-state index is 12.7. The van der Waals surface area contributed by atoms with Crippen LogP contribution in [0.4, 0.5) is 0 Å². The van der Waals surface area contributed by atoms with Crippen LogP contribution in [0, 0.1) is 23.2 Å². The first kappa shape index (κ1) is 22.7. The summed E-state index contributed by atoms with van der Waals surface area (Å²) >= 11 is 0. The van der Waals surface area contributed by atoms with Gasteiger partial charge in [0.15, 0.2) is 5.96 Å². The molecule has 2 fully saturated rings. The molecule has 0 unspecified atom stereocenters. The molecule has 6 nitrogen and oxygen atoms in total. The molecule has 2 amide bonds. The van der Waals surface area contributed by atoms with E-state index in [1.165, 1.54) is 38.5 Å². The SMILES string of the molecule is CC(C)CNC(=O)[C@@H](CC1CCCCC1)NC(=N)NC(=O)CC1CCCCC1. The summed E-state index contributed by atoms with van der Waals surface area (Å²) in [6.45, 7) is 4.76. The van der Waals surface area contributed by atoms with Crippen LogP contribution in [-0.2, 0) is 9.59 Å². The van der Waals surface area contributed by atoms with Crippen molar-refractivity contribution in [2.24, 2.45) is 17.8 Å². The van der Waals surface area contributed by atoms with Crippen molar-refractivity contribution in [2.75, 3.05) is 6.54 Å². The highest BCUT2D eigenvalue weighted by molar-refractivity contribution is 5.97. The first-order valence-electron chi connectivity index (χ1n) is 11.4. The molecule has 0 aromatic carbocycles. The fourth-order valence-corrected chi connectivity index (χ4v) is 4.47. The summed E-state index contributed by atoms with van der Waals surface area (Å²) in [5, 5.41) is 16.8. The summed E-state index contributed by atoms with van der Waals surface area (Å²) in [6.07, 6.45) is 13.1. The van der Waals surface area contributed by atoms with E-state index in [-0.39, 0.29) is 17.8 Å². The van der Waals surface area contributed by atoms with E-state index in [4.69, 9.17) is 5.41 Å². The van der Waals surface area contributed by atoms with Crippen molar-refractivity contribution in [3.8, 4) is 0 Å². The predicted molar refractivity (Wildman–Crippen MR) is 113 cm³/mol. The lowest BCUT2D eigenvalue weighted by atomic mass is 9.84. The van der Waals surface area contributed by atoms with Crippen molar-refractivity contribution in [3.05, 3.63) is 0 Å². The highest BCUT2D eigenvalue weighted by Crippen LogP contribution is 2.28. The Morgan fingerprint density at radius 2 is 1.50 bits per heavy atom. The van der Waals surface area contributed by atoms with Crippen LogP contribution in [0.15, 0.2) is 0 Å². The third-order valence-electron chi connectivity index (χ3n) is 6.08. The molecule has 28 heavy (non-hydrogen) atoms. The van der Waals surface area contributed by atoms with E-state index in [0.717, 1.165) is 32.1 Å². The van der Waals surface area contributed by atoms with Gasteiger partial charge in [-0.25, -0.2) is 0 Å². The van der Waals surface area contributed by atoms with Crippen molar-refractivity contribution in [2.45, 2.75) is 96.9 Å². The first-order chi connectivity index (χ1) is 13.4. The molecule has 2 rings (SSSR count). The smallest absolute Gasteiger partial charge is 0.242 e. The maximum Gasteiger partial charge on any atom is 0.242 e. The van der Waals surface area contributed by atoms with Crippen molar-refractivity contribution < 1.29 is 9.59 Å². The topological polar surface area (TPSA) is 94.1 Å². The molecule has 6 heteroatoms. The van der Waals surface area contributed by atoms with Gasteiger partial charge in [0.2, 0.25) is 11.8 Å². The van der Waals surface area contributed by atoms with E-state index in [1.54, 1.807) is 0 Å². The van der Waals surface area contributed by atoms with Crippen molar-refractivity contribution in [1.29, 1.82) is 5.41 Å². The molecule has 0 aromatic rings. The third kappa shape index (κ3) is 8.61. The number of rotatable bonds is 8. The summed E-state index contributed by atoms with van der Waals surface area (Å²) in [6, 6.07) is -0.454. The number of carbonyl (C=O) groups is 2. The average molecular weight is 393 g/mol. The Labute approximate surface area is 170 Å². The van der Waals surface area contributed by atoms with E-state index >= 15 is 0 Å². The van der Waals surface area contributed by atoms with Gasteiger partial charge in [-0.05, 0) is 37.0 Å². The summed E-state index contributed by atoms with van der Waals surface area (Å²) in [7, 11) is 0.